The van der Waals surface area contributed by atoms with Crippen LogP contribution in [0.1, 0.15) is 184 Å². The Morgan fingerprint density at radius 2 is 0.405 bits per heavy atom. The molecule has 0 aliphatic carbocycles. The van der Waals surface area contributed by atoms with E-state index in [4.69, 9.17) is 20.4 Å². The summed E-state index contributed by atoms with van der Waals surface area (Å²) in [4.78, 5) is 0. The lowest BCUT2D eigenvalue weighted by Gasteiger charge is -2.23. The van der Waals surface area contributed by atoms with Gasteiger partial charge in [-0.25, -0.2) is 0 Å². The van der Waals surface area contributed by atoms with Crippen molar-refractivity contribution in [3.05, 3.63) is 0 Å². The van der Waals surface area contributed by atoms with E-state index in [0.29, 0.717) is 0 Å². The van der Waals surface area contributed by atoms with Gasteiger partial charge in [0, 0.05) is 0 Å². The van der Waals surface area contributed by atoms with Crippen molar-refractivity contribution in [1.29, 1.82) is 0 Å². The van der Waals surface area contributed by atoms with E-state index in [1.165, 1.54) is 128 Å². The molecular weight excluding hydrogens is 460 g/mol. The fourth-order valence-corrected chi connectivity index (χ4v) is 3.01. The Bertz CT molecular complexity index is 233. The molecule has 0 radical (unpaired) electrons. The van der Waals surface area contributed by atoms with Gasteiger partial charge in [-0.1, -0.05) is 184 Å². The number of hydrogen-bond acceptors (Lipinski definition) is 4. The molecule has 0 saturated heterocycles. The Morgan fingerprint density at radius 1 is 0.270 bits per heavy atom. The number of aliphatic hydroxyl groups is 4. The normalized spacial score (nSPS) is 10.1. The van der Waals surface area contributed by atoms with E-state index in [2.05, 4.69) is 55.4 Å². The molecular formula is C33H76O4. The molecule has 0 atom stereocenters. The smallest absolute Gasteiger partial charge is 0.0627 e. The van der Waals surface area contributed by atoms with Crippen molar-refractivity contribution in [2.45, 2.75) is 184 Å². The van der Waals surface area contributed by atoms with Gasteiger partial charge in [0.1, 0.15) is 0 Å². The van der Waals surface area contributed by atoms with E-state index < -0.39 is 31.8 Å². The molecule has 0 aliphatic heterocycles. The maximum Gasteiger partial charge on any atom is 0.0627 e. The molecule has 4 N–H and O–H groups in total. The first-order chi connectivity index (χ1) is 17.9. The van der Waals surface area contributed by atoms with Crippen LogP contribution in [0.4, 0.5) is 0 Å². The molecule has 4 nitrogen and oxygen atoms in total. The molecule has 0 fully saturated rings. The van der Waals surface area contributed by atoms with Crippen LogP contribution in [0.3, 0.4) is 0 Å². The summed E-state index contributed by atoms with van der Waals surface area (Å²) in [6.07, 6.45) is 28.0. The molecule has 0 aliphatic rings. The minimum Gasteiger partial charge on any atom is -0.396 e. The quantitative estimate of drug-likeness (QED) is 0.117. The van der Waals surface area contributed by atoms with Crippen molar-refractivity contribution in [3.63, 3.8) is 0 Å². The van der Waals surface area contributed by atoms with Gasteiger partial charge in [-0.2, -0.15) is 0 Å². The van der Waals surface area contributed by atoms with E-state index in [1.54, 1.807) is 0 Å². The number of unbranched alkanes of at least 4 members (excludes halogenated alkanes) is 16. The lowest BCUT2D eigenvalue weighted by molar-refractivity contribution is -0.0328. The molecule has 4 heteroatoms. The molecule has 232 valence electrons. The van der Waals surface area contributed by atoms with Crippen LogP contribution in [0.5, 0.6) is 0 Å². The zero-order valence-electron chi connectivity index (χ0n) is 27.3. The monoisotopic (exact) mass is 537 g/mol. The molecule has 0 aromatic heterocycles. The summed E-state index contributed by atoms with van der Waals surface area (Å²) >= 11 is 0. The van der Waals surface area contributed by atoms with Crippen LogP contribution < -0.4 is 0 Å². The van der Waals surface area contributed by atoms with Gasteiger partial charge in [0.25, 0.3) is 0 Å². The van der Waals surface area contributed by atoms with Gasteiger partial charge >= 0.3 is 0 Å². The molecule has 37 heavy (non-hydrogen) atoms. The van der Waals surface area contributed by atoms with Crippen molar-refractivity contribution >= 4 is 0 Å². The van der Waals surface area contributed by atoms with Crippen molar-refractivity contribution in [2.24, 2.45) is 5.41 Å². The van der Waals surface area contributed by atoms with Crippen LogP contribution in [0.15, 0.2) is 0 Å². The summed E-state index contributed by atoms with van der Waals surface area (Å²) in [7, 11) is 0. The van der Waals surface area contributed by atoms with E-state index in [9.17, 15) is 0 Å². The van der Waals surface area contributed by atoms with Crippen LogP contribution >= 0.6 is 0 Å². The lowest BCUT2D eigenvalue weighted by atomic mass is 9.93. The van der Waals surface area contributed by atoms with Crippen molar-refractivity contribution in [2.75, 3.05) is 26.4 Å². The van der Waals surface area contributed by atoms with Gasteiger partial charge in [0.15, 0.2) is 0 Å². The summed E-state index contributed by atoms with van der Waals surface area (Å²) in [5, 5.41) is 34.0. The Balaban J connectivity index is -0.000000116. The van der Waals surface area contributed by atoms with Gasteiger partial charge in [0.2, 0.25) is 0 Å². The van der Waals surface area contributed by atoms with Crippen molar-refractivity contribution < 1.29 is 20.4 Å². The molecule has 0 aromatic carbocycles. The Labute approximate surface area is 236 Å². The average Bonchev–Trinajstić information content (AvgIpc) is 2.93. The molecule has 0 amide bonds. The van der Waals surface area contributed by atoms with Gasteiger partial charge < -0.3 is 20.4 Å². The zero-order chi connectivity index (χ0) is 29.5. The highest BCUT2D eigenvalue weighted by Crippen LogP contribution is 2.11. The second kappa shape index (κ2) is 48.9. The van der Waals surface area contributed by atoms with E-state index in [1.807, 2.05) is 0 Å². The van der Waals surface area contributed by atoms with Gasteiger partial charge in [-0.05, 0) is 0 Å². The molecule has 0 rings (SSSR count). The minimum atomic E-state index is -1.11. The van der Waals surface area contributed by atoms with Gasteiger partial charge in [-0.15, -0.1) is 0 Å². The highest BCUT2D eigenvalue weighted by molar-refractivity contribution is 4.74. The van der Waals surface area contributed by atoms with Crippen LogP contribution in [-0.4, -0.2) is 46.9 Å². The van der Waals surface area contributed by atoms with E-state index >= 15 is 0 Å². The minimum absolute atomic E-state index is 0.406. The SMILES string of the molecule is CCCCCCC.CCCCCCC.CCCCCCC.CCCCCCC.OCC(CO)(CO)CO. The van der Waals surface area contributed by atoms with Crippen molar-refractivity contribution in [1.82, 2.24) is 0 Å². The number of aliphatic hydroxyl groups excluding tert-OH is 4. The number of rotatable bonds is 20. The fourth-order valence-electron chi connectivity index (χ4n) is 3.01. The topological polar surface area (TPSA) is 80.9 Å². The average molecular weight is 537 g/mol. The first kappa shape index (κ1) is 46.7. The maximum absolute atomic E-state index is 8.50. The number of hydrogen-bond donors (Lipinski definition) is 4. The van der Waals surface area contributed by atoms with Gasteiger partial charge in [0.05, 0.1) is 31.8 Å². The zero-order valence-corrected chi connectivity index (χ0v) is 27.3. The standard InChI is InChI=1S/4C7H16.C5H12O4/c4*1-3-5-7-6-4-2;6-1-5(2-7,3-8)4-9/h4*3-7H2,1-2H3;6-9H,1-4H2. The molecule has 0 spiro atoms. The van der Waals surface area contributed by atoms with Gasteiger partial charge in [-0.3, -0.25) is 0 Å². The summed E-state index contributed by atoms with van der Waals surface area (Å²) in [5.74, 6) is 0. The molecule has 0 aromatic rings. The third-order valence-electron chi connectivity index (χ3n) is 6.17. The predicted molar refractivity (Wildman–Crippen MR) is 169 cm³/mol. The van der Waals surface area contributed by atoms with Crippen LogP contribution in [0.2, 0.25) is 0 Å². The maximum atomic E-state index is 8.50. The predicted octanol–water partition coefficient (Wildman–Crippen LogP) is 9.85. The highest BCUT2D eigenvalue weighted by Gasteiger charge is 2.26. The fraction of sp³-hybridized carbons (Fsp3) is 1.00. The summed E-state index contributed by atoms with van der Waals surface area (Å²) in [5.41, 5.74) is -1.11. The van der Waals surface area contributed by atoms with Crippen LogP contribution in [0, 0.1) is 5.41 Å². The van der Waals surface area contributed by atoms with E-state index in [0.717, 1.165) is 0 Å². The third-order valence-corrected chi connectivity index (χ3v) is 6.17. The first-order valence-electron chi connectivity index (χ1n) is 16.3. The first-order valence-corrected chi connectivity index (χ1v) is 16.3. The van der Waals surface area contributed by atoms with Crippen LogP contribution in [0.25, 0.3) is 0 Å². The molecule has 0 saturated carbocycles. The van der Waals surface area contributed by atoms with Crippen LogP contribution in [-0.2, 0) is 0 Å². The second-order valence-corrected chi connectivity index (χ2v) is 10.4. The lowest BCUT2D eigenvalue weighted by Crippen LogP contribution is -2.37. The molecule has 0 heterocycles. The summed E-state index contributed by atoms with van der Waals surface area (Å²) in [6, 6.07) is 0. The highest BCUT2D eigenvalue weighted by atomic mass is 16.3. The third kappa shape index (κ3) is 53.0. The van der Waals surface area contributed by atoms with E-state index in [-0.39, 0.29) is 0 Å². The summed E-state index contributed by atoms with van der Waals surface area (Å²) < 4.78 is 0. The largest absolute Gasteiger partial charge is 0.396 e. The Morgan fingerprint density at radius 3 is 0.459 bits per heavy atom. The Hall–Kier alpha value is -0.160. The molecule has 0 unspecified atom stereocenters. The van der Waals surface area contributed by atoms with Crippen molar-refractivity contribution in [3.8, 4) is 0 Å². The Kier molecular flexibility index (Phi) is 61.6. The molecule has 0 bridgehead atoms. The second-order valence-electron chi connectivity index (χ2n) is 10.4. The summed E-state index contributed by atoms with van der Waals surface area (Å²) in [6.45, 7) is 16.3.